The molecule has 1 rings (SSSR count). The van der Waals surface area contributed by atoms with E-state index in [-0.39, 0.29) is 11.0 Å². The third kappa shape index (κ3) is 4.22. The first-order chi connectivity index (χ1) is 8.72. The van der Waals surface area contributed by atoms with Gasteiger partial charge in [0.15, 0.2) is 0 Å². The molecular formula is C16H28N2O. The lowest BCUT2D eigenvalue weighted by molar-refractivity contribution is 0.346. The SMILES string of the molecule is COc1ccc(C(C)(C)CNC(C)(C)CN)cc1C. The van der Waals surface area contributed by atoms with Crippen LogP contribution in [-0.2, 0) is 5.41 Å². The summed E-state index contributed by atoms with van der Waals surface area (Å²) in [6, 6.07) is 6.39. The van der Waals surface area contributed by atoms with E-state index in [4.69, 9.17) is 10.5 Å². The topological polar surface area (TPSA) is 47.3 Å². The van der Waals surface area contributed by atoms with Gasteiger partial charge < -0.3 is 15.8 Å². The number of benzene rings is 1. The fourth-order valence-electron chi connectivity index (χ4n) is 1.93. The average molecular weight is 264 g/mol. The molecule has 0 saturated carbocycles. The van der Waals surface area contributed by atoms with Crippen molar-refractivity contribution in [2.75, 3.05) is 20.2 Å². The molecule has 3 N–H and O–H groups in total. The largest absolute Gasteiger partial charge is 0.496 e. The quantitative estimate of drug-likeness (QED) is 0.830. The molecule has 0 unspecified atom stereocenters. The lowest BCUT2D eigenvalue weighted by atomic mass is 9.83. The molecule has 19 heavy (non-hydrogen) atoms. The molecule has 0 radical (unpaired) electrons. The van der Waals surface area contributed by atoms with E-state index in [9.17, 15) is 0 Å². The van der Waals surface area contributed by atoms with Crippen LogP contribution in [0.5, 0.6) is 5.75 Å². The van der Waals surface area contributed by atoms with Crippen LogP contribution >= 0.6 is 0 Å². The van der Waals surface area contributed by atoms with E-state index in [1.807, 2.05) is 6.07 Å². The van der Waals surface area contributed by atoms with Crippen LogP contribution in [0.1, 0.15) is 38.8 Å². The van der Waals surface area contributed by atoms with Gasteiger partial charge in [0.2, 0.25) is 0 Å². The molecule has 0 fully saturated rings. The zero-order valence-electron chi connectivity index (χ0n) is 13.1. The van der Waals surface area contributed by atoms with E-state index in [2.05, 4.69) is 52.1 Å². The fourth-order valence-corrected chi connectivity index (χ4v) is 1.93. The molecule has 108 valence electrons. The van der Waals surface area contributed by atoms with Crippen molar-refractivity contribution in [3.63, 3.8) is 0 Å². The number of rotatable bonds is 6. The van der Waals surface area contributed by atoms with E-state index in [0.717, 1.165) is 12.3 Å². The summed E-state index contributed by atoms with van der Waals surface area (Å²) in [6.45, 7) is 12.3. The van der Waals surface area contributed by atoms with Crippen LogP contribution in [0.2, 0.25) is 0 Å². The third-order valence-electron chi connectivity index (χ3n) is 3.70. The van der Waals surface area contributed by atoms with E-state index < -0.39 is 0 Å². The minimum absolute atomic E-state index is 0.0290. The van der Waals surface area contributed by atoms with Crippen molar-refractivity contribution >= 4 is 0 Å². The van der Waals surface area contributed by atoms with Crippen molar-refractivity contribution < 1.29 is 4.74 Å². The number of aryl methyl sites for hydroxylation is 1. The summed E-state index contributed by atoms with van der Waals surface area (Å²) in [7, 11) is 1.71. The predicted octanol–water partition coefficient (Wildman–Crippen LogP) is 2.61. The lowest BCUT2D eigenvalue weighted by Crippen LogP contribution is -2.50. The normalized spacial score (nSPS) is 12.6. The van der Waals surface area contributed by atoms with Gasteiger partial charge in [-0.15, -0.1) is 0 Å². The molecule has 1 aromatic rings. The van der Waals surface area contributed by atoms with Crippen LogP contribution < -0.4 is 15.8 Å². The summed E-state index contributed by atoms with van der Waals surface area (Å²) in [4.78, 5) is 0. The van der Waals surface area contributed by atoms with Crippen molar-refractivity contribution in [1.82, 2.24) is 5.32 Å². The molecule has 3 heteroatoms. The second kappa shape index (κ2) is 5.93. The van der Waals surface area contributed by atoms with Gasteiger partial charge >= 0.3 is 0 Å². The standard InChI is InChI=1S/C16H28N2O/c1-12-9-13(7-8-14(12)19-6)15(2,3)11-18-16(4,5)10-17/h7-9,18H,10-11,17H2,1-6H3. The lowest BCUT2D eigenvalue weighted by Gasteiger charge is -2.32. The van der Waals surface area contributed by atoms with Crippen LogP contribution in [0.15, 0.2) is 18.2 Å². The molecule has 1 aromatic carbocycles. The van der Waals surface area contributed by atoms with E-state index in [1.165, 1.54) is 11.1 Å². The van der Waals surface area contributed by atoms with Gasteiger partial charge in [-0.05, 0) is 38.0 Å². The first kappa shape index (κ1) is 16.0. The molecule has 0 saturated heterocycles. The molecule has 0 atom stereocenters. The van der Waals surface area contributed by atoms with Crippen molar-refractivity contribution in [3.05, 3.63) is 29.3 Å². The van der Waals surface area contributed by atoms with E-state index >= 15 is 0 Å². The second-order valence-electron chi connectivity index (χ2n) is 6.51. The smallest absolute Gasteiger partial charge is 0.121 e. The monoisotopic (exact) mass is 264 g/mol. The minimum Gasteiger partial charge on any atom is -0.496 e. The minimum atomic E-state index is -0.0290. The van der Waals surface area contributed by atoms with Gasteiger partial charge in [0.1, 0.15) is 5.75 Å². The second-order valence-corrected chi connectivity index (χ2v) is 6.51. The molecular weight excluding hydrogens is 236 g/mol. The average Bonchev–Trinajstić information content (AvgIpc) is 2.36. The Morgan fingerprint density at radius 2 is 1.84 bits per heavy atom. The number of methoxy groups -OCH3 is 1. The van der Waals surface area contributed by atoms with Crippen LogP contribution in [0, 0.1) is 6.92 Å². The summed E-state index contributed by atoms with van der Waals surface area (Å²) in [5.41, 5.74) is 8.27. The van der Waals surface area contributed by atoms with Gasteiger partial charge in [-0.25, -0.2) is 0 Å². The maximum absolute atomic E-state index is 5.76. The summed E-state index contributed by atoms with van der Waals surface area (Å²) >= 11 is 0. The Morgan fingerprint density at radius 1 is 1.21 bits per heavy atom. The highest BCUT2D eigenvalue weighted by molar-refractivity contribution is 5.39. The van der Waals surface area contributed by atoms with Gasteiger partial charge in [0.05, 0.1) is 7.11 Å². The van der Waals surface area contributed by atoms with Gasteiger partial charge in [-0.1, -0.05) is 26.0 Å². The van der Waals surface area contributed by atoms with Gasteiger partial charge in [0.25, 0.3) is 0 Å². The van der Waals surface area contributed by atoms with Crippen molar-refractivity contribution in [3.8, 4) is 5.75 Å². The maximum atomic E-state index is 5.76. The molecule has 0 amide bonds. The van der Waals surface area contributed by atoms with Crippen LogP contribution in [0.4, 0.5) is 0 Å². The van der Waals surface area contributed by atoms with E-state index in [1.54, 1.807) is 7.11 Å². The number of nitrogens with one attached hydrogen (secondary N) is 1. The molecule has 0 aliphatic rings. The van der Waals surface area contributed by atoms with Gasteiger partial charge in [-0.2, -0.15) is 0 Å². The van der Waals surface area contributed by atoms with Gasteiger partial charge in [0, 0.05) is 24.0 Å². The molecule has 3 nitrogen and oxygen atoms in total. The molecule has 0 aliphatic heterocycles. The van der Waals surface area contributed by atoms with Gasteiger partial charge in [-0.3, -0.25) is 0 Å². The number of nitrogens with two attached hydrogens (primary N) is 1. The van der Waals surface area contributed by atoms with Crippen molar-refractivity contribution in [2.45, 2.75) is 45.6 Å². The maximum Gasteiger partial charge on any atom is 0.121 e. The Morgan fingerprint density at radius 3 is 2.32 bits per heavy atom. The molecule has 0 spiro atoms. The Kier molecular flexibility index (Phi) is 4.99. The van der Waals surface area contributed by atoms with Crippen LogP contribution in [-0.4, -0.2) is 25.7 Å². The van der Waals surface area contributed by atoms with Crippen molar-refractivity contribution in [2.24, 2.45) is 5.73 Å². The zero-order chi connectivity index (χ0) is 14.7. The van der Waals surface area contributed by atoms with Crippen molar-refractivity contribution in [1.29, 1.82) is 0 Å². The zero-order valence-corrected chi connectivity index (χ0v) is 13.1. The number of ether oxygens (including phenoxy) is 1. The number of hydrogen-bond acceptors (Lipinski definition) is 3. The van der Waals surface area contributed by atoms with E-state index in [0.29, 0.717) is 6.54 Å². The first-order valence-electron chi connectivity index (χ1n) is 6.82. The Bertz CT molecular complexity index is 425. The fraction of sp³-hybridized carbons (Fsp3) is 0.625. The Balaban J connectivity index is 2.85. The molecule has 0 aromatic heterocycles. The predicted molar refractivity (Wildman–Crippen MR) is 81.9 cm³/mol. The highest BCUT2D eigenvalue weighted by Gasteiger charge is 2.24. The van der Waals surface area contributed by atoms with Crippen LogP contribution in [0.25, 0.3) is 0 Å². The first-order valence-corrected chi connectivity index (χ1v) is 6.82. The Hall–Kier alpha value is -1.06. The molecule has 0 bridgehead atoms. The summed E-state index contributed by atoms with van der Waals surface area (Å²) in [6.07, 6.45) is 0. The highest BCUT2D eigenvalue weighted by Crippen LogP contribution is 2.27. The third-order valence-corrected chi connectivity index (χ3v) is 3.70. The van der Waals surface area contributed by atoms with Crippen LogP contribution in [0.3, 0.4) is 0 Å². The summed E-state index contributed by atoms with van der Waals surface area (Å²) in [5, 5.41) is 3.54. The highest BCUT2D eigenvalue weighted by atomic mass is 16.5. The summed E-state index contributed by atoms with van der Waals surface area (Å²) < 4.78 is 5.31. The number of hydrogen-bond donors (Lipinski definition) is 2. The Labute approximate surface area is 117 Å². The summed E-state index contributed by atoms with van der Waals surface area (Å²) in [5.74, 6) is 0.940. The molecule has 0 heterocycles. The molecule has 0 aliphatic carbocycles.